The highest BCUT2D eigenvalue weighted by Gasteiger charge is 2.32. The van der Waals surface area contributed by atoms with Gasteiger partial charge < -0.3 is 9.84 Å². The molecule has 0 spiro atoms. The van der Waals surface area contributed by atoms with Crippen molar-refractivity contribution in [3.63, 3.8) is 0 Å². The van der Waals surface area contributed by atoms with E-state index in [0.717, 1.165) is 18.9 Å². The molecule has 1 rings (SSSR count). The third kappa shape index (κ3) is 4.79. The van der Waals surface area contributed by atoms with Crippen LogP contribution in [0.3, 0.4) is 0 Å². The summed E-state index contributed by atoms with van der Waals surface area (Å²) in [5, 5.41) is 8.43. The van der Waals surface area contributed by atoms with Gasteiger partial charge in [0.15, 0.2) is 0 Å². The van der Waals surface area contributed by atoms with Gasteiger partial charge in [0, 0.05) is 6.08 Å². The Hall–Kier alpha value is -0.830. The van der Waals surface area contributed by atoms with E-state index in [4.69, 9.17) is 9.84 Å². The molecule has 1 aliphatic rings. The minimum absolute atomic E-state index is 0.275. The van der Waals surface area contributed by atoms with Crippen LogP contribution in [0, 0.1) is 11.3 Å². The molecule has 0 radical (unpaired) electrons. The molecule has 1 saturated carbocycles. The Morgan fingerprint density at radius 3 is 2.75 bits per heavy atom. The molecule has 16 heavy (non-hydrogen) atoms. The van der Waals surface area contributed by atoms with E-state index in [1.807, 2.05) is 0 Å². The van der Waals surface area contributed by atoms with Gasteiger partial charge in [0.05, 0.1) is 12.7 Å². The van der Waals surface area contributed by atoms with Crippen LogP contribution in [0.4, 0.5) is 0 Å². The maximum atomic E-state index is 10.3. The number of ether oxygens (including phenoxy) is 1. The van der Waals surface area contributed by atoms with Gasteiger partial charge in [-0.15, -0.1) is 0 Å². The van der Waals surface area contributed by atoms with Gasteiger partial charge in [-0.2, -0.15) is 0 Å². The Bertz CT molecular complexity index is 268. The molecule has 0 bridgehead atoms. The van der Waals surface area contributed by atoms with Crippen molar-refractivity contribution in [3.05, 3.63) is 12.2 Å². The number of aliphatic carboxylic acids is 1. The zero-order valence-electron chi connectivity index (χ0n) is 10.4. The zero-order chi connectivity index (χ0) is 12.2. The van der Waals surface area contributed by atoms with Crippen molar-refractivity contribution in [2.24, 2.45) is 11.3 Å². The number of carboxylic acid groups (broad SMARTS) is 1. The van der Waals surface area contributed by atoms with Crippen molar-refractivity contribution < 1.29 is 14.6 Å². The third-order valence-electron chi connectivity index (χ3n) is 3.04. The second-order valence-electron chi connectivity index (χ2n) is 5.61. The Morgan fingerprint density at radius 1 is 1.50 bits per heavy atom. The lowest BCUT2D eigenvalue weighted by atomic mass is 9.71. The molecule has 2 atom stereocenters. The Balaban J connectivity index is 2.34. The van der Waals surface area contributed by atoms with E-state index in [0.29, 0.717) is 17.9 Å². The SMILES string of the molecule is CC1CC(OC/C=C/C(=O)O)CC(C)(C)C1. The highest BCUT2D eigenvalue weighted by Crippen LogP contribution is 2.39. The predicted molar refractivity (Wildman–Crippen MR) is 63.3 cm³/mol. The van der Waals surface area contributed by atoms with Crippen LogP contribution in [0.25, 0.3) is 0 Å². The van der Waals surface area contributed by atoms with Gasteiger partial charge in [-0.25, -0.2) is 4.79 Å². The van der Waals surface area contributed by atoms with Crippen LogP contribution in [0.2, 0.25) is 0 Å². The minimum Gasteiger partial charge on any atom is -0.478 e. The molecule has 2 unspecified atom stereocenters. The van der Waals surface area contributed by atoms with Crippen molar-refractivity contribution in [2.45, 2.75) is 46.1 Å². The standard InChI is InChI=1S/C13H22O3/c1-10-7-11(9-13(2,3)8-10)16-6-4-5-12(14)15/h4-5,10-11H,6-9H2,1-3H3,(H,14,15)/b5-4+. The van der Waals surface area contributed by atoms with Gasteiger partial charge in [0.1, 0.15) is 0 Å². The van der Waals surface area contributed by atoms with Gasteiger partial charge >= 0.3 is 5.97 Å². The summed E-state index contributed by atoms with van der Waals surface area (Å²) in [6.07, 6.45) is 6.38. The largest absolute Gasteiger partial charge is 0.478 e. The van der Waals surface area contributed by atoms with Crippen LogP contribution in [-0.2, 0) is 9.53 Å². The predicted octanol–water partition coefficient (Wildman–Crippen LogP) is 2.86. The van der Waals surface area contributed by atoms with Crippen molar-refractivity contribution in [1.82, 2.24) is 0 Å². The fourth-order valence-corrected chi connectivity index (χ4v) is 2.73. The second kappa shape index (κ2) is 5.48. The van der Waals surface area contributed by atoms with Crippen LogP contribution in [0.15, 0.2) is 12.2 Å². The molecular weight excluding hydrogens is 204 g/mol. The van der Waals surface area contributed by atoms with E-state index in [-0.39, 0.29) is 6.10 Å². The monoisotopic (exact) mass is 226 g/mol. The van der Waals surface area contributed by atoms with E-state index in [1.54, 1.807) is 6.08 Å². The molecule has 0 saturated heterocycles. The fraction of sp³-hybridized carbons (Fsp3) is 0.769. The summed E-state index contributed by atoms with van der Waals surface area (Å²) in [6, 6.07) is 0. The maximum absolute atomic E-state index is 10.3. The lowest BCUT2D eigenvalue weighted by Gasteiger charge is -2.38. The van der Waals surface area contributed by atoms with Crippen molar-refractivity contribution in [3.8, 4) is 0 Å². The van der Waals surface area contributed by atoms with Gasteiger partial charge in [-0.3, -0.25) is 0 Å². The molecule has 1 fully saturated rings. The average Bonchev–Trinajstić information content (AvgIpc) is 2.08. The number of hydrogen-bond acceptors (Lipinski definition) is 2. The number of carboxylic acids is 1. The first-order chi connectivity index (χ1) is 7.39. The Labute approximate surface area is 97.5 Å². The van der Waals surface area contributed by atoms with Crippen LogP contribution >= 0.6 is 0 Å². The molecule has 92 valence electrons. The lowest BCUT2D eigenvalue weighted by molar-refractivity contribution is -0.131. The van der Waals surface area contributed by atoms with Crippen LogP contribution < -0.4 is 0 Å². The van der Waals surface area contributed by atoms with Gasteiger partial charge in [0.25, 0.3) is 0 Å². The summed E-state index contributed by atoms with van der Waals surface area (Å²) in [4.78, 5) is 10.3. The molecule has 3 nitrogen and oxygen atoms in total. The first kappa shape index (κ1) is 13.2. The molecule has 0 aliphatic heterocycles. The smallest absolute Gasteiger partial charge is 0.328 e. The van der Waals surface area contributed by atoms with Gasteiger partial charge in [-0.1, -0.05) is 26.8 Å². The first-order valence-electron chi connectivity index (χ1n) is 5.90. The number of hydrogen-bond donors (Lipinski definition) is 1. The summed E-state index contributed by atoms with van der Waals surface area (Å²) in [5.41, 5.74) is 0.346. The summed E-state index contributed by atoms with van der Waals surface area (Å²) < 4.78 is 5.69. The van der Waals surface area contributed by atoms with Crippen LogP contribution in [0.5, 0.6) is 0 Å². The molecule has 0 aromatic heterocycles. The molecule has 1 aliphatic carbocycles. The highest BCUT2D eigenvalue weighted by molar-refractivity contribution is 5.79. The Morgan fingerprint density at radius 2 is 2.19 bits per heavy atom. The molecule has 0 aromatic rings. The average molecular weight is 226 g/mol. The van der Waals surface area contributed by atoms with Gasteiger partial charge in [0.2, 0.25) is 0 Å². The minimum atomic E-state index is -0.916. The maximum Gasteiger partial charge on any atom is 0.328 e. The Kier molecular flexibility index (Phi) is 4.54. The number of carbonyl (C=O) groups is 1. The molecule has 1 N–H and O–H groups in total. The quantitative estimate of drug-likeness (QED) is 0.750. The fourth-order valence-electron chi connectivity index (χ4n) is 2.73. The highest BCUT2D eigenvalue weighted by atomic mass is 16.5. The molecule has 0 amide bonds. The van der Waals surface area contributed by atoms with Gasteiger partial charge in [-0.05, 0) is 30.6 Å². The lowest BCUT2D eigenvalue weighted by Crippen LogP contribution is -2.32. The molecular formula is C13H22O3. The van der Waals surface area contributed by atoms with E-state index in [1.165, 1.54) is 6.42 Å². The summed E-state index contributed by atoms with van der Waals surface area (Å²) in [7, 11) is 0. The molecule has 3 heteroatoms. The summed E-state index contributed by atoms with van der Waals surface area (Å²) in [5.74, 6) is -0.224. The van der Waals surface area contributed by atoms with Crippen LogP contribution in [0.1, 0.15) is 40.0 Å². The van der Waals surface area contributed by atoms with E-state index in [9.17, 15) is 4.79 Å². The van der Waals surface area contributed by atoms with E-state index in [2.05, 4.69) is 20.8 Å². The normalized spacial score (nSPS) is 29.4. The topological polar surface area (TPSA) is 46.5 Å². The third-order valence-corrected chi connectivity index (χ3v) is 3.04. The molecule has 0 aromatic carbocycles. The van der Waals surface area contributed by atoms with Crippen molar-refractivity contribution in [1.29, 1.82) is 0 Å². The summed E-state index contributed by atoms with van der Waals surface area (Å²) >= 11 is 0. The second-order valence-corrected chi connectivity index (χ2v) is 5.61. The first-order valence-corrected chi connectivity index (χ1v) is 5.90. The van der Waals surface area contributed by atoms with E-state index < -0.39 is 5.97 Å². The molecule has 0 heterocycles. The summed E-state index contributed by atoms with van der Waals surface area (Å²) in [6.45, 7) is 7.20. The van der Waals surface area contributed by atoms with Crippen molar-refractivity contribution in [2.75, 3.05) is 6.61 Å². The van der Waals surface area contributed by atoms with Crippen LogP contribution in [-0.4, -0.2) is 23.8 Å². The van der Waals surface area contributed by atoms with E-state index >= 15 is 0 Å². The van der Waals surface area contributed by atoms with Crippen molar-refractivity contribution >= 4 is 5.97 Å². The zero-order valence-corrected chi connectivity index (χ0v) is 10.4. The number of rotatable bonds is 4.